The normalized spacial score (nSPS) is 11.3. The second-order valence-corrected chi connectivity index (χ2v) is 6.07. The molecule has 0 aliphatic rings. The lowest BCUT2D eigenvalue weighted by Gasteiger charge is -2.11. The first kappa shape index (κ1) is 14.5. The van der Waals surface area contributed by atoms with Gasteiger partial charge in [0.05, 0.1) is 11.4 Å². The highest BCUT2D eigenvalue weighted by atomic mass is 32.2. The zero-order valence-electron chi connectivity index (χ0n) is 10.7. The van der Waals surface area contributed by atoms with Crippen molar-refractivity contribution in [2.45, 2.75) is 12.3 Å². The van der Waals surface area contributed by atoms with Gasteiger partial charge >= 0.3 is 0 Å². The van der Waals surface area contributed by atoms with Gasteiger partial charge in [0.15, 0.2) is 0 Å². The lowest BCUT2D eigenvalue weighted by atomic mass is 10.2. The van der Waals surface area contributed by atoms with Crippen LogP contribution in [0, 0.1) is 5.82 Å². The highest BCUT2D eigenvalue weighted by Crippen LogP contribution is 2.17. The third-order valence-corrected chi connectivity index (χ3v) is 4.02. The number of nitrogens with two attached hydrogens (primary N) is 1. The van der Waals surface area contributed by atoms with Gasteiger partial charge in [-0.2, -0.15) is 0 Å². The van der Waals surface area contributed by atoms with Gasteiger partial charge in [-0.15, -0.1) is 0 Å². The number of hydrogen-bond donors (Lipinski definition) is 2. The molecule has 0 radical (unpaired) electrons. The highest BCUT2D eigenvalue weighted by molar-refractivity contribution is 7.91. The highest BCUT2D eigenvalue weighted by Gasteiger charge is 2.13. The van der Waals surface area contributed by atoms with Crippen LogP contribution in [-0.4, -0.2) is 8.42 Å². The fourth-order valence-electron chi connectivity index (χ4n) is 1.80. The molecular formula is C14H15FN2O2S. The van der Waals surface area contributed by atoms with Gasteiger partial charge in [-0.3, -0.25) is 4.72 Å². The molecule has 0 amide bonds. The lowest BCUT2D eigenvalue weighted by molar-refractivity contribution is 0.600. The van der Waals surface area contributed by atoms with Gasteiger partial charge in [0.2, 0.25) is 10.0 Å². The van der Waals surface area contributed by atoms with Gasteiger partial charge in [-0.1, -0.05) is 30.3 Å². The summed E-state index contributed by atoms with van der Waals surface area (Å²) >= 11 is 0. The molecule has 0 fully saturated rings. The summed E-state index contributed by atoms with van der Waals surface area (Å²) in [6.07, 6.45) is 0. The average Bonchev–Trinajstić information content (AvgIpc) is 2.41. The van der Waals surface area contributed by atoms with Crippen molar-refractivity contribution in [3.63, 3.8) is 0 Å². The molecule has 20 heavy (non-hydrogen) atoms. The molecule has 0 atom stereocenters. The van der Waals surface area contributed by atoms with E-state index in [1.165, 1.54) is 24.3 Å². The van der Waals surface area contributed by atoms with E-state index in [2.05, 4.69) is 4.72 Å². The number of benzene rings is 2. The van der Waals surface area contributed by atoms with Crippen LogP contribution >= 0.6 is 0 Å². The van der Waals surface area contributed by atoms with E-state index in [1.807, 2.05) is 0 Å². The Morgan fingerprint density at radius 1 is 1.05 bits per heavy atom. The van der Waals surface area contributed by atoms with Crippen LogP contribution in [0.15, 0.2) is 48.5 Å². The quantitative estimate of drug-likeness (QED) is 0.888. The summed E-state index contributed by atoms with van der Waals surface area (Å²) in [5, 5.41) is 0. The zero-order chi connectivity index (χ0) is 14.6. The summed E-state index contributed by atoms with van der Waals surface area (Å²) in [6.45, 7) is 0.245. The minimum atomic E-state index is -3.56. The molecule has 0 saturated heterocycles. The molecule has 0 aliphatic heterocycles. The van der Waals surface area contributed by atoms with Gasteiger partial charge in [0, 0.05) is 6.54 Å². The molecule has 0 aromatic heterocycles. The fraction of sp³-hybridized carbons (Fsp3) is 0.143. The van der Waals surface area contributed by atoms with E-state index in [9.17, 15) is 12.8 Å². The van der Waals surface area contributed by atoms with Gasteiger partial charge in [-0.25, -0.2) is 12.8 Å². The standard InChI is InChI=1S/C14H15FN2O2S/c15-13-7-5-11(6-8-13)10-20(18,19)17-14-4-2-1-3-12(14)9-16/h1-8,17H,9-10,16H2. The molecule has 106 valence electrons. The second kappa shape index (κ2) is 6.02. The molecule has 3 N–H and O–H groups in total. The molecule has 6 heteroatoms. The number of hydrogen-bond acceptors (Lipinski definition) is 3. The van der Waals surface area contributed by atoms with E-state index in [0.29, 0.717) is 11.3 Å². The number of halogens is 1. The summed E-state index contributed by atoms with van der Waals surface area (Å²) in [6, 6.07) is 12.3. The van der Waals surface area contributed by atoms with Crippen molar-refractivity contribution < 1.29 is 12.8 Å². The largest absolute Gasteiger partial charge is 0.326 e. The summed E-state index contributed by atoms with van der Waals surface area (Å²) < 4.78 is 39.4. The second-order valence-electron chi connectivity index (χ2n) is 4.35. The van der Waals surface area contributed by atoms with E-state index in [1.54, 1.807) is 24.3 Å². The van der Waals surface area contributed by atoms with Crippen molar-refractivity contribution in [3.8, 4) is 0 Å². The van der Waals surface area contributed by atoms with Crippen molar-refractivity contribution >= 4 is 15.7 Å². The maximum absolute atomic E-state index is 12.8. The number of rotatable bonds is 5. The van der Waals surface area contributed by atoms with E-state index < -0.39 is 15.8 Å². The first-order chi connectivity index (χ1) is 9.50. The van der Waals surface area contributed by atoms with Crippen LogP contribution in [0.2, 0.25) is 0 Å². The van der Waals surface area contributed by atoms with Crippen molar-refractivity contribution in [1.82, 2.24) is 0 Å². The smallest absolute Gasteiger partial charge is 0.236 e. The average molecular weight is 294 g/mol. The number of nitrogens with one attached hydrogen (secondary N) is 1. The van der Waals surface area contributed by atoms with Crippen LogP contribution in [0.5, 0.6) is 0 Å². The Bertz CT molecular complexity index is 685. The van der Waals surface area contributed by atoms with Crippen LogP contribution in [0.1, 0.15) is 11.1 Å². The van der Waals surface area contributed by atoms with Crippen molar-refractivity contribution in [1.29, 1.82) is 0 Å². The Labute approximate surface area is 117 Å². The van der Waals surface area contributed by atoms with Crippen molar-refractivity contribution in [3.05, 3.63) is 65.5 Å². The van der Waals surface area contributed by atoms with Gasteiger partial charge in [0.25, 0.3) is 0 Å². The minimum Gasteiger partial charge on any atom is -0.326 e. The predicted octanol–water partition coefficient (Wildman–Crippen LogP) is 2.23. The summed E-state index contributed by atoms with van der Waals surface area (Å²) in [4.78, 5) is 0. The van der Waals surface area contributed by atoms with E-state index in [0.717, 1.165) is 5.56 Å². The van der Waals surface area contributed by atoms with Crippen LogP contribution < -0.4 is 10.5 Å². The number of para-hydroxylation sites is 1. The van der Waals surface area contributed by atoms with Crippen LogP contribution in [0.25, 0.3) is 0 Å². The van der Waals surface area contributed by atoms with Crippen LogP contribution in [0.4, 0.5) is 10.1 Å². The Kier molecular flexibility index (Phi) is 4.36. The topological polar surface area (TPSA) is 72.2 Å². The zero-order valence-corrected chi connectivity index (χ0v) is 11.5. The SMILES string of the molecule is NCc1ccccc1NS(=O)(=O)Cc1ccc(F)cc1. The maximum atomic E-state index is 12.8. The van der Waals surface area contributed by atoms with E-state index in [-0.39, 0.29) is 12.3 Å². The van der Waals surface area contributed by atoms with Crippen molar-refractivity contribution in [2.24, 2.45) is 5.73 Å². The first-order valence-electron chi connectivity index (χ1n) is 6.03. The number of anilines is 1. The Morgan fingerprint density at radius 2 is 1.70 bits per heavy atom. The monoisotopic (exact) mass is 294 g/mol. The molecule has 0 heterocycles. The first-order valence-corrected chi connectivity index (χ1v) is 7.68. The van der Waals surface area contributed by atoms with Crippen LogP contribution in [-0.2, 0) is 22.3 Å². The van der Waals surface area contributed by atoms with E-state index >= 15 is 0 Å². The molecular weight excluding hydrogens is 279 g/mol. The molecule has 0 aliphatic carbocycles. The van der Waals surface area contributed by atoms with E-state index in [4.69, 9.17) is 5.73 Å². The molecule has 2 rings (SSSR count). The maximum Gasteiger partial charge on any atom is 0.236 e. The predicted molar refractivity (Wildman–Crippen MR) is 77.0 cm³/mol. The molecule has 0 saturated carbocycles. The molecule has 0 unspecified atom stereocenters. The van der Waals surface area contributed by atoms with Gasteiger partial charge in [0.1, 0.15) is 5.82 Å². The Balaban J connectivity index is 2.17. The molecule has 2 aromatic rings. The van der Waals surface area contributed by atoms with Crippen molar-refractivity contribution in [2.75, 3.05) is 4.72 Å². The summed E-state index contributed by atoms with van der Waals surface area (Å²) in [7, 11) is -3.56. The fourth-order valence-corrected chi connectivity index (χ4v) is 3.04. The Morgan fingerprint density at radius 3 is 2.35 bits per heavy atom. The Hall–Kier alpha value is -1.92. The molecule has 4 nitrogen and oxygen atoms in total. The summed E-state index contributed by atoms with van der Waals surface area (Å²) in [5.74, 6) is -0.612. The number of sulfonamides is 1. The summed E-state index contributed by atoms with van der Waals surface area (Å²) in [5.41, 5.74) is 7.27. The van der Waals surface area contributed by atoms with Crippen LogP contribution in [0.3, 0.4) is 0 Å². The lowest BCUT2D eigenvalue weighted by Crippen LogP contribution is -2.16. The molecule has 0 spiro atoms. The third-order valence-electron chi connectivity index (χ3n) is 2.77. The molecule has 0 bridgehead atoms. The third kappa shape index (κ3) is 3.79. The minimum absolute atomic E-state index is 0.216. The molecule has 2 aromatic carbocycles. The van der Waals surface area contributed by atoms with Gasteiger partial charge < -0.3 is 5.73 Å². The van der Waals surface area contributed by atoms with Gasteiger partial charge in [-0.05, 0) is 29.3 Å².